The molecule has 3 heterocycles. The van der Waals surface area contributed by atoms with E-state index in [1.54, 1.807) is 22.3 Å². The van der Waals surface area contributed by atoms with Gasteiger partial charge in [-0.15, -0.1) is 11.3 Å². The summed E-state index contributed by atoms with van der Waals surface area (Å²) < 4.78 is 1.77. The van der Waals surface area contributed by atoms with Crippen molar-refractivity contribution in [3.8, 4) is 0 Å². The van der Waals surface area contributed by atoms with Gasteiger partial charge in [-0.2, -0.15) is 5.10 Å². The van der Waals surface area contributed by atoms with Crippen LogP contribution in [0.2, 0.25) is 0 Å². The van der Waals surface area contributed by atoms with Gasteiger partial charge in [-0.3, -0.25) is 9.67 Å². The Hall–Kier alpha value is -2.09. The normalized spacial score (nSPS) is 16.2. The number of aliphatic imine (C=N–C) groups is 1. The number of hydrogen-bond donors (Lipinski definition) is 1. The Morgan fingerprint density at radius 3 is 2.77 bits per heavy atom. The number of aromatic nitrogens is 3. The van der Waals surface area contributed by atoms with E-state index in [0.29, 0.717) is 6.54 Å². The van der Waals surface area contributed by atoms with Crippen molar-refractivity contribution in [2.45, 2.75) is 6.54 Å². The highest BCUT2D eigenvalue weighted by Crippen LogP contribution is 2.22. The van der Waals surface area contributed by atoms with Gasteiger partial charge in [0.05, 0.1) is 11.5 Å². The van der Waals surface area contributed by atoms with Gasteiger partial charge in [0.25, 0.3) is 0 Å². The minimum atomic E-state index is 0.633. The number of hydrogen-bond acceptors (Lipinski definition) is 5. The van der Waals surface area contributed by atoms with Crippen LogP contribution >= 0.6 is 11.3 Å². The predicted octanol–water partition coefficient (Wildman–Crippen LogP) is 0.774. The summed E-state index contributed by atoms with van der Waals surface area (Å²) in [5.74, 6) is 1.83. The van der Waals surface area contributed by atoms with E-state index in [9.17, 15) is 0 Å². The fourth-order valence-corrected chi connectivity index (χ4v) is 3.34. The van der Waals surface area contributed by atoms with E-state index in [2.05, 4.69) is 47.7 Å². The minimum Gasteiger partial charge on any atom is -0.360 e. The van der Waals surface area contributed by atoms with Gasteiger partial charge in [-0.25, -0.2) is 4.98 Å². The lowest BCUT2D eigenvalue weighted by atomic mass is 10.3. The molecule has 2 aromatic heterocycles. The van der Waals surface area contributed by atoms with E-state index in [0.717, 1.165) is 38.0 Å². The van der Waals surface area contributed by atoms with Gasteiger partial charge in [0.2, 0.25) is 0 Å². The van der Waals surface area contributed by atoms with Crippen LogP contribution in [0.3, 0.4) is 0 Å². The van der Waals surface area contributed by atoms with Gasteiger partial charge < -0.3 is 15.1 Å². The van der Waals surface area contributed by atoms with Crippen LogP contribution in [0.15, 0.2) is 28.8 Å². The molecule has 0 bridgehead atoms. The molecule has 8 heteroatoms. The topological polar surface area (TPSA) is 61.6 Å². The molecule has 1 N–H and O–H groups in total. The van der Waals surface area contributed by atoms with Crippen molar-refractivity contribution < 1.29 is 0 Å². The van der Waals surface area contributed by atoms with E-state index >= 15 is 0 Å². The van der Waals surface area contributed by atoms with Crippen LogP contribution in [0, 0.1) is 0 Å². The zero-order valence-electron chi connectivity index (χ0n) is 12.9. The average molecular weight is 319 g/mol. The molecule has 7 nitrogen and oxygen atoms in total. The summed E-state index contributed by atoms with van der Waals surface area (Å²) in [6.45, 7) is 4.61. The van der Waals surface area contributed by atoms with Gasteiger partial charge in [-0.1, -0.05) is 0 Å². The lowest BCUT2D eigenvalue weighted by Crippen LogP contribution is -2.52. The molecule has 1 saturated heterocycles. The molecule has 0 atom stereocenters. The molecule has 0 saturated carbocycles. The molecule has 0 aliphatic carbocycles. The van der Waals surface area contributed by atoms with Crippen molar-refractivity contribution in [1.82, 2.24) is 25.0 Å². The van der Waals surface area contributed by atoms with Crippen LogP contribution in [-0.2, 0) is 13.6 Å². The third kappa shape index (κ3) is 3.22. The molecule has 0 spiro atoms. The van der Waals surface area contributed by atoms with Crippen molar-refractivity contribution in [2.75, 3.05) is 38.1 Å². The number of aryl methyl sites for hydroxylation is 1. The van der Waals surface area contributed by atoms with Crippen molar-refractivity contribution in [3.05, 3.63) is 29.7 Å². The highest BCUT2D eigenvalue weighted by molar-refractivity contribution is 7.14. The van der Waals surface area contributed by atoms with Crippen LogP contribution in [0.4, 0.5) is 5.00 Å². The molecule has 3 rings (SSSR count). The number of nitrogens with one attached hydrogen (secondary N) is 1. The third-order valence-corrected chi connectivity index (χ3v) is 4.75. The fraction of sp³-hybridized carbons (Fsp3) is 0.500. The Labute approximate surface area is 134 Å². The third-order valence-electron chi connectivity index (χ3n) is 3.82. The quantitative estimate of drug-likeness (QED) is 0.669. The SMILES string of the molecule is CN=C(NCc1ncnn1C)N1CCN(c2cccs2)CC1. The standard InChI is InChI=1S/C14H21N7S/c1-15-14(16-10-12-17-11-18-19(12)2)21-7-5-20(6-8-21)13-4-3-9-22-13/h3-4,9,11H,5-8,10H2,1-2H3,(H,15,16). The number of thiophene rings is 1. The molecule has 0 aromatic carbocycles. The molecule has 1 aliphatic heterocycles. The van der Waals surface area contributed by atoms with E-state index in [1.165, 1.54) is 5.00 Å². The fourth-order valence-electron chi connectivity index (χ4n) is 2.56. The number of anilines is 1. The Morgan fingerprint density at radius 1 is 1.36 bits per heavy atom. The summed E-state index contributed by atoms with van der Waals surface area (Å²) in [7, 11) is 3.72. The zero-order valence-corrected chi connectivity index (χ0v) is 13.8. The van der Waals surface area contributed by atoms with Crippen LogP contribution in [-0.4, -0.2) is 58.9 Å². The maximum atomic E-state index is 4.39. The summed E-state index contributed by atoms with van der Waals surface area (Å²) in [4.78, 5) is 13.3. The second-order valence-electron chi connectivity index (χ2n) is 5.13. The van der Waals surface area contributed by atoms with Gasteiger partial charge in [0, 0.05) is 40.3 Å². The zero-order chi connectivity index (χ0) is 15.4. The minimum absolute atomic E-state index is 0.633. The Morgan fingerprint density at radius 2 is 2.18 bits per heavy atom. The first-order valence-electron chi connectivity index (χ1n) is 7.35. The molecule has 118 valence electrons. The number of nitrogens with zero attached hydrogens (tertiary/aromatic N) is 6. The van der Waals surface area contributed by atoms with Crippen LogP contribution in [0.1, 0.15) is 5.82 Å². The van der Waals surface area contributed by atoms with Crippen LogP contribution in [0.5, 0.6) is 0 Å². The molecule has 1 aliphatic rings. The summed E-state index contributed by atoms with van der Waals surface area (Å²) in [5, 5.41) is 10.9. The van der Waals surface area contributed by atoms with Crippen LogP contribution < -0.4 is 10.2 Å². The molecule has 1 fully saturated rings. The largest absolute Gasteiger partial charge is 0.360 e. The molecule has 0 unspecified atom stereocenters. The first-order valence-corrected chi connectivity index (χ1v) is 8.23. The van der Waals surface area contributed by atoms with Crippen molar-refractivity contribution in [3.63, 3.8) is 0 Å². The first kappa shape index (κ1) is 14.8. The highest BCUT2D eigenvalue weighted by atomic mass is 32.1. The molecule has 2 aromatic rings. The molecule has 0 radical (unpaired) electrons. The Bertz CT molecular complexity index is 611. The summed E-state index contributed by atoms with van der Waals surface area (Å²) in [6.07, 6.45) is 1.57. The van der Waals surface area contributed by atoms with Gasteiger partial charge in [0.15, 0.2) is 5.96 Å². The van der Waals surface area contributed by atoms with E-state index in [-0.39, 0.29) is 0 Å². The predicted molar refractivity (Wildman–Crippen MR) is 89.3 cm³/mol. The Balaban J connectivity index is 1.53. The highest BCUT2D eigenvalue weighted by Gasteiger charge is 2.20. The van der Waals surface area contributed by atoms with Crippen molar-refractivity contribution in [2.24, 2.45) is 12.0 Å². The van der Waals surface area contributed by atoms with Crippen molar-refractivity contribution >= 4 is 22.3 Å². The summed E-state index contributed by atoms with van der Waals surface area (Å²) in [5.41, 5.74) is 0. The first-order chi connectivity index (χ1) is 10.8. The maximum absolute atomic E-state index is 4.39. The number of rotatable bonds is 3. The van der Waals surface area contributed by atoms with Gasteiger partial charge >= 0.3 is 0 Å². The van der Waals surface area contributed by atoms with Crippen LogP contribution in [0.25, 0.3) is 0 Å². The van der Waals surface area contributed by atoms with E-state index in [4.69, 9.17) is 0 Å². The maximum Gasteiger partial charge on any atom is 0.194 e. The number of guanidine groups is 1. The monoisotopic (exact) mass is 319 g/mol. The second-order valence-corrected chi connectivity index (χ2v) is 6.05. The average Bonchev–Trinajstić information content (AvgIpc) is 3.21. The van der Waals surface area contributed by atoms with E-state index < -0.39 is 0 Å². The Kier molecular flexibility index (Phi) is 4.57. The summed E-state index contributed by atoms with van der Waals surface area (Å²) >= 11 is 1.80. The number of piperazine rings is 1. The van der Waals surface area contributed by atoms with Crippen molar-refractivity contribution in [1.29, 1.82) is 0 Å². The lowest BCUT2D eigenvalue weighted by molar-refractivity contribution is 0.372. The molecule has 22 heavy (non-hydrogen) atoms. The summed E-state index contributed by atoms with van der Waals surface area (Å²) in [6, 6.07) is 4.29. The smallest absolute Gasteiger partial charge is 0.194 e. The second kappa shape index (κ2) is 6.78. The molecular weight excluding hydrogens is 298 g/mol. The van der Waals surface area contributed by atoms with E-state index in [1.807, 2.05) is 14.1 Å². The van der Waals surface area contributed by atoms with Gasteiger partial charge in [0.1, 0.15) is 12.2 Å². The van der Waals surface area contributed by atoms with Gasteiger partial charge in [-0.05, 0) is 17.5 Å². The molecule has 0 amide bonds. The lowest BCUT2D eigenvalue weighted by Gasteiger charge is -2.36. The molecular formula is C14H21N7S.